The molecule has 2 N–H and O–H groups in total. The molecule has 0 saturated heterocycles. The van der Waals surface area contributed by atoms with Crippen LogP contribution in [-0.4, -0.2) is 16.0 Å². The highest BCUT2D eigenvalue weighted by Crippen LogP contribution is 2.47. The maximum absolute atomic E-state index is 14.5. The molecule has 0 aliphatic heterocycles. The normalized spacial score (nSPS) is 11.5. The molecule has 2 aromatic heterocycles. The number of hydrogen-bond donors (Lipinski definition) is 2. The first-order valence-electron chi connectivity index (χ1n) is 12.9. The van der Waals surface area contributed by atoms with Crippen LogP contribution in [0.3, 0.4) is 0 Å². The molecule has 0 saturated carbocycles. The summed E-state index contributed by atoms with van der Waals surface area (Å²) in [5.41, 5.74) is 3.87. The maximum atomic E-state index is 14.5. The van der Waals surface area contributed by atoms with Gasteiger partial charge < -0.3 is 19.0 Å². The number of rotatable bonds is 6. The summed E-state index contributed by atoms with van der Waals surface area (Å²) in [6.07, 6.45) is 1.08. The van der Waals surface area contributed by atoms with E-state index in [2.05, 4.69) is 0 Å². The first kappa shape index (κ1) is 26.1. The van der Waals surface area contributed by atoms with Crippen LogP contribution in [0.1, 0.15) is 41.3 Å². The van der Waals surface area contributed by atoms with E-state index in [0.717, 1.165) is 10.8 Å². The molecule has 2 heterocycles. The molecule has 0 unspecified atom stereocenters. The maximum Gasteiger partial charge on any atom is 0.194 e. The van der Waals surface area contributed by atoms with E-state index in [1.165, 1.54) is 12.1 Å². The number of aromatic hydroxyl groups is 2. The van der Waals surface area contributed by atoms with E-state index in [1.807, 2.05) is 62.4 Å². The lowest BCUT2D eigenvalue weighted by atomic mass is 9.87. The SMILES string of the molecule is CCc1oc2ccccc2c1-c1c(C(=O)c2ccc(O)c(Cl)c2-c2c(CC)oc3ccccc23)ccc(O)c1Cl. The highest BCUT2D eigenvalue weighted by Gasteiger charge is 2.29. The van der Waals surface area contributed by atoms with Gasteiger partial charge in [0, 0.05) is 57.0 Å². The molecule has 6 rings (SSSR count). The fourth-order valence-electron chi connectivity index (χ4n) is 5.38. The number of para-hydroxylation sites is 2. The molecule has 0 amide bonds. The minimum atomic E-state index is -0.381. The fourth-order valence-corrected chi connectivity index (χ4v) is 5.90. The first-order chi connectivity index (χ1) is 19.3. The van der Waals surface area contributed by atoms with Crippen LogP contribution < -0.4 is 0 Å². The summed E-state index contributed by atoms with van der Waals surface area (Å²) in [4.78, 5) is 14.5. The highest BCUT2D eigenvalue weighted by atomic mass is 35.5. The van der Waals surface area contributed by atoms with Crippen LogP contribution in [0.15, 0.2) is 81.6 Å². The highest BCUT2D eigenvalue weighted by molar-refractivity contribution is 6.38. The van der Waals surface area contributed by atoms with Gasteiger partial charge in [0.05, 0.1) is 10.0 Å². The van der Waals surface area contributed by atoms with Crippen LogP contribution >= 0.6 is 23.2 Å². The lowest BCUT2D eigenvalue weighted by Crippen LogP contribution is -2.07. The zero-order valence-electron chi connectivity index (χ0n) is 21.7. The van der Waals surface area contributed by atoms with Gasteiger partial charge in [0.15, 0.2) is 5.78 Å². The Labute approximate surface area is 240 Å². The Morgan fingerprint density at radius 1 is 0.625 bits per heavy atom. The summed E-state index contributed by atoms with van der Waals surface area (Å²) in [6.45, 7) is 3.90. The van der Waals surface area contributed by atoms with Gasteiger partial charge in [-0.3, -0.25) is 4.79 Å². The van der Waals surface area contributed by atoms with Crippen molar-refractivity contribution in [1.29, 1.82) is 0 Å². The molecular formula is C33H24Cl2O5. The van der Waals surface area contributed by atoms with Gasteiger partial charge in [0.25, 0.3) is 0 Å². The van der Waals surface area contributed by atoms with Crippen molar-refractivity contribution in [1.82, 2.24) is 0 Å². The lowest BCUT2D eigenvalue weighted by molar-refractivity contribution is 0.104. The van der Waals surface area contributed by atoms with Gasteiger partial charge in [-0.25, -0.2) is 0 Å². The van der Waals surface area contributed by atoms with Crippen molar-refractivity contribution >= 4 is 50.9 Å². The number of fused-ring (bicyclic) bond motifs is 2. The van der Waals surface area contributed by atoms with Crippen molar-refractivity contribution in [2.75, 3.05) is 0 Å². The number of hydrogen-bond acceptors (Lipinski definition) is 5. The topological polar surface area (TPSA) is 83.8 Å². The molecule has 0 atom stereocenters. The van der Waals surface area contributed by atoms with Crippen molar-refractivity contribution in [2.24, 2.45) is 0 Å². The number of furan rings is 2. The Balaban J connectivity index is 1.66. The van der Waals surface area contributed by atoms with Gasteiger partial charge in [-0.2, -0.15) is 0 Å². The van der Waals surface area contributed by atoms with Crippen LogP contribution in [0.5, 0.6) is 11.5 Å². The van der Waals surface area contributed by atoms with E-state index in [4.69, 9.17) is 32.0 Å². The largest absolute Gasteiger partial charge is 0.506 e. The quantitative estimate of drug-likeness (QED) is 0.195. The second-order valence-corrected chi connectivity index (χ2v) is 10.2. The molecule has 0 radical (unpaired) electrons. The fraction of sp³-hybridized carbons (Fsp3) is 0.121. The summed E-state index contributed by atoms with van der Waals surface area (Å²) in [6, 6.07) is 20.9. The third kappa shape index (κ3) is 3.96. The molecule has 4 aromatic carbocycles. The zero-order chi connectivity index (χ0) is 28.1. The molecular weight excluding hydrogens is 547 g/mol. The van der Waals surface area contributed by atoms with Gasteiger partial charge in [0.2, 0.25) is 0 Å². The van der Waals surface area contributed by atoms with Crippen LogP contribution in [0, 0.1) is 0 Å². The molecule has 0 aliphatic rings. The summed E-state index contributed by atoms with van der Waals surface area (Å²) in [7, 11) is 0. The molecule has 0 aliphatic carbocycles. The van der Waals surface area contributed by atoms with Crippen LogP contribution in [0.4, 0.5) is 0 Å². The second kappa shape index (κ2) is 10.1. The Hall–Kier alpha value is -4.19. The second-order valence-electron chi connectivity index (χ2n) is 9.47. The number of carbonyl (C=O) groups is 1. The average molecular weight is 571 g/mol. The number of halogens is 2. The number of carbonyl (C=O) groups excluding carboxylic acids is 1. The predicted molar refractivity (Wildman–Crippen MR) is 159 cm³/mol. The lowest BCUT2D eigenvalue weighted by Gasteiger charge is -2.16. The van der Waals surface area contributed by atoms with Crippen LogP contribution in [-0.2, 0) is 12.8 Å². The van der Waals surface area contributed by atoms with E-state index >= 15 is 0 Å². The Morgan fingerprint density at radius 2 is 1.02 bits per heavy atom. The number of benzene rings is 4. The molecule has 6 aromatic rings. The predicted octanol–water partition coefficient (Wildman–Crippen LogP) is 9.59. The van der Waals surface area contributed by atoms with Crippen LogP contribution in [0.25, 0.3) is 44.2 Å². The zero-order valence-corrected chi connectivity index (χ0v) is 23.2. The minimum absolute atomic E-state index is 0.0431. The third-order valence-corrected chi connectivity index (χ3v) is 7.98. The van der Waals surface area contributed by atoms with E-state index < -0.39 is 0 Å². The van der Waals surface area contributed by atoms with E-state index in [0.29, 0.717) is 57.8 Å². The molecule has 7 heteroatoms. The van der Waals surface area contributed by atoms with Crippen LogP contribution in [0.2, 0.25) is 10.0 Å². The van der Waals surface area contributed by atoms with Gasteiger partial charge in [-0.05, 0) is 36.4 Å². The standard InChI is InChI=1S/C33H24Cl2O5/c1-3-23-27(17-9-5-7-11-25(17)39-23)29-19(13-15-21(36)31(29)34)33(38)20-14-16-22(37)32(35)30(20)28-18-10-6-8-12-26(18)40-24(28)4-2/h5-16,36-37H,3-4H2,1-2H3. The Kier molecular flexibility index (Phi) is 6.57. The number of phenols is 2. The van der Waals surface area contributed by atoms with Gasteiger partial charge in [-0.1, -0.05) is 73.4 Å². The summed E-state index contributed by atoms with van der Waals surface area (Å²) < 4.78 is 12.2. The monoisotopic (exact) mass is 570 g/mol. The smallest absolute Gasteiger partial charge is 0.194 e. The molecule has 40 heavy (non-hydrogen) atoms. The Morgan fingerprint density at radius 3 is 1.43 bits per heavy atom. The summed E-state index contributed by atoms with van der Waals surface area (Å²) in [5.74, 6) is 0.590. The number of ketones is 1. The number of aryl methyl sites for hydroxylation is 2. The Bertz CT molecular complexity index is 1810. The van der Waals surface area contributed by atoms with E-state index in [-0.39, 0.29) is 38.5 Å². The van der Waals surface area contributed by atoms with E-state index in [9.17, 15) is 15.0 Å². The van der Waals surface area contributed by atoms with Gasteiger partial charge >= 0.3 is 0 Å². The van der Waals surface area contributed by atoms with Crippen molar-refractivity contribution in [3.05, 3.63) is 105 Å². The van der Waals surface area contributed by atoms with Crippen molar-refractivity contribution < 1.29 is 23.8 Å². The van der Waals surface area contributed by atoms with E-state index in [1.54, 1.807) is 12.1 Å². The average Bonchev–Trinajstić information content (AvgIpc) is 3.53. The summed E-state index contributed by atoms with van der Waals surface area (Å²) >= 11 is 13.5. The number of phenolic OH excluding ortho intramolecular Hbond substituents is 2. The summed E-state index contributed by atoms with van der Waals surface area (Å²) in [5, 5.41) is 22.9. The van der Waals surface area contributed by atoms with Crippen molar-refractivity contribution in [3.63, 3.8) is 0 Å². The van der Waals surface area contributed by atoms with Gasteiger partial charge in [0.1, 0.15) is 34.2 Å². The van der Waals surface area contributed by atoms with Crippen molar-refractivity contribution in [3.8, 4) is 33.8 Å². The minimum Gasteiger partial charge on any atom is -0.506 e. The first-order valence-corrected chi connectivity index (χ1v) is 13.7. The molecule has 5 nitrogen and oxygen atoms in total. The molecule has 0 bridgehead atoms. The third-order valence-electron chi connectivity index (χ3n) is 7.21. The van der Waals surface area contributed by atoms with Gasteiger partial charge in [-0.15, -0.1) is 0 Å². The molecule has 200 valence electrons. The molecule has 0 fully saturated rings. The molecule has 0 spiro atoms. The van der Waals surface area contributed by atoms with Crippen molar-refractivity contribution in [2.45, 2.75) is 26.7 Å².